The number of methoxy groups -OCH3 is 2. The average molecular weight is 711 g/mol. The van der Waals surface area contributed by atoms with Gasteiger partial charge in [-0.15, -0.1) is 0 Å². The van der Waals surface area contributed by atoms with Gasteiger partial charge in [0.25, 0.3) is 0 Å². The second-order valence-corrected chi connectivity index (χ2v) is 11.4. The van der Waals surface area contributed by atoms with Gasteiger partial charge in [-0.25, -0.2) is 4.79 Å². The molecule has 0 saturated carbocycles. The van der Waals surface area contributed by atoms with Crippen molar-refractivity contribution in [3.05, 3.63) is 23.8 Å². The zero-order valence-corrected chi connectivity index (χ0v) is 26.2. The van der Waals surface area contributed by atoms with E-state index in [0.717, 1.165) is 6.08 Å². The quantitative estimate of drug-likeness (QED) is 0.0671. The monoisotopic (exact) mass is 710 g/mol. The van der Waals surface area contributed by atoms with Gasteiger partial charge in [0.15, 0.2) is 30.2 Å². The number of phenols is 1. The highest BCUT2D eigenvalue weighted by atomic mass is 16.8. The molecular weight excluding hydrogens is 668 g/mol. The van der Waals surface area contributed by atoms with Gasteiger partial charge >= 0.3 is 5.97 Å². The van der Waals surface area contributed by atoms with E-state index in [1.54, 1.807) is 0 Å². The fourth-order valence-electron chi connectivity index (χ4n) is 5.62. The molecule has 1 aromatic rings. The highest BCUT2D eigenvalue weighted by Crippen LogP contribution is 2.39. The van der Waals surface area contributed by atoms with E-state index in [9.17, 15) is 61.0 Å². The van der Waals surface area contributed by atoms with E-state index in [1.807, 2.05) is 0 Å². The number of benzene rings is 1. The van der Waals surface area contributed by atoms with Crippen LogP contribution in [0, 0.1) is 0 Å². The van der Waals surface area contributed by atoms with Crippen LogP contribution in [0.25, 0.3) is 6.08 Å². The van der Waals surface area contributed by atoms with E-state index >= 15 is 0 Å². The summed E-state index contributed by atoms with van der Waals surface area (Å²) in [6.07, 6.45) is -21.1. The molecule has 4 rings (SSSR count). The predicted molar refractivity (Wildman–Crippen MR) is 155 cm³/mol. The van der Waals surface area contributed by atoms with E-state index in [4.69, 9.17) is 37.9 Å². The maximum atomic E-state index is 12.9. The molecule has 0 bridgehead atoms. The van der Waals surface area contributed by atoms with Crippen molar-refractivity contribution in [2.24, 2.45) is 0 Å². The van der Waals surface area contributed by atoms with E-state index in [1.165, 1.54) is 32.4 Å². The standard InChI is InChI=1S/C29H42O20/c1-42-13-6-12(34)14(43-2)5-11(13)3-4-18(35)46-26-20(37)16(8-31)48-29(26,10-33)49-28-24(41)22(39)25(17(9-32)45-28)47-27-23(40)21(38)19(36)15(7-30)44-27/h3-6,15-17,19-28,30-34,36-41H,7-10H2,1-2H3/b4-3+/t15-,16-,17-,19-,20-,21+,22-,23-,24-,25+,26+,27-,28-,29+/m1/s1. The lowest BCUT2D eigenvalue weighted by atomic mass is 9.96. The Morgan fingerprint density at radius 2 is 1.39 bits per heavy atom. The number of aromatic hydroxyl groups is 1. The summed E-state index contributed by atoms with van der Waals surface area (Å²) in [5.41, 5.74) is 0.262. The first-order valence-electron chi connectivity index (χ1n) is 15.0. The number of rotatable bonds is 13. The van der Waals surface area contributed by atoms with Crippen LogP contribution in [0.15, 0.2) is 18.2 Å². The van der Waals surface area contributed by atoms with Crippen molar-refractivity contribution in [3.63, 3.8) is 0 Å². The summed E-state index contributed by atoms with van der Waals surface area (Å²) in [4.78, 5) is 12.9. The minimum absolute atomic E-state index is 0.0576. The van der Waals surface area contributed by atoms with Crippen LogP contribution in [0.1, 0.15) is 5.56 Å². The zero-order valence-electron chi connectivity index (χ0n) is 26.2. The number of esters is 1. The van der Waals surface area contributed by atoms with Crippen molar-refractivity contribution >= 4 is 12.0 Å². The summed E-state index contributed by atoms with van der Waals surface area (Å²) >= 11 is 0. The summed E-state index contributed by atoms with van der Waals surface area (Å²) in [7, 11) is 2.62. The average Bonchev–Trinajstić information content (AvgIpc) is 3.36. The third-order valence-corrected chi connectivity index (χ3v) is 8.33. The Bertz CT molecular complexity index is 1280. The minimum Gasteiger partial charge on any atom is -0.504 e. The molecule has 0 aliphatic carbocycles. The molecule has 14 atom stereocenters. The van der Waals surface area contributed by atoms with Crippen LogP contribution in [0.2, 0.25) is 0 Å². The molecule has 20 heteroatoms. The number of aliphatic hydroxyl groups is 10. The van der Waals surface area contributed by atoms with Crippen LogP contribution in [0.3, 0.4) is 0 Å². The highest BCUT2D eigenvalue weighted by Gasteiger charge is 2.61. The smallest absolute Gasteiger partial charge is 0.331 e. The zero-order chi connectivity index (χ0) is 36.2. The fourth-order valence-corrected chi connectivity index (χ4v) is 5.62. The molecule has 0 amide bonds. The lowest BCUT2D eigenvalue weighted by Gasteiger charge is -2.47. The molecule has 0 aromatic heterocycles. The van der Waals surface area contributed by atoms with Crippen LogP contribution in [-0.4, -0.2) is 188 Å². The van der Waals surface area contributed by atoms with Crippen molar-refractivity contribution in [2.75, 3.05) is 40.6 Å². The Hall–Kier alpha value is -2.77. The van der Waals surface area contributed by atoms with E-state index in [2.05, 4.69) is 0 Å². The van der Waals surface area contributed by atoms with Gasteiger partial charge in [0, 0.05) is 17.7 Å². The SMILES string of the molecule is COc1cc(/C=C/C(=O)O[C@H]2[C@H](O)[C@@H](CO)O[C@@]2(CO)O[C@H]2O[C@H](CO)[C@H](O[C@H]3O[C@H](CO)[C@@H](O)[C@H](O)[C@H]3O)[C@H](O)[C@H]2O)c(OC)cc1O. The predicted octanol–water partition coefficient (Wildman–Crippen LogP) is -5.58. The van der Waals surface area contributed by atoms with E-state index in [0.29, 0.717) is 0 Å². The molecule has 3 aliphatic rings. The lowest BCUT2D eigenvalue weighted by molar-refractivity contribution is -0.398. The maximum absolute atomic E-state index is 12.9. The van der Waals surface area contributed by atoms with Gasteiger partial charge in [-0.1, -0.05) is 0 Å². The molecule has 3 aliphatic heterocycles. The highest BCUT2D eigenvalue weighted by molar-refractivity contribution is 5.88. The number of carbonyl (C=O) groups excluding carboxylic acids is 1. The van der Waals surface area contributed by atoms with Crippen molar-refractivity contribution < 1.29 is 98.9 Å². The Morgan fingerprint density at radius 1 is 0.776 bits per heavy atom. The first kappa shape index (κ1) is 39.0. The first-order chi connectivity index (χ1) is 23.3. The molecule has 0 spiro atoms. The fraction of sp³-hybridized carbons (Fsp3) is 0.690. The Balaban J connectivity index is 1.53. The minimum atomic E-state index is -2.54. The second-order valence-electron chi connectivity index (χ2n) is 11.4. The van der Waals surface area contributed by atoms with Gasteiger partial charge in [0.05, 0.1) is 34.0 Å². The van der Waals surface area contributed by atoms with E-state index < -0.39 is 118 Å². The number of ether oxygens (including phenoxy) is 8. The molecular formula is C29H42O20. The van der Waals surface area contributed by atoms with Crippen LogP contribution >= 0.6 is 0 Å². The molecule has 20 nitrogen and oxygen atoms in total. The third-order valence-electron chi connectivity index (χ3n) is 8.33. The summed E-state index contributed by atoms with van der Waals surface area (Å²) in [5, 5.41) is 113. The molecule has 3 heterocycles. The summed E-state index contributed by atoms with van der Waals surface area (Å²) in [5.74, 6) is -3.70. The van der Waals surface area contributed by atoms with Gasteiger partial charge in [-0.3, -0.25) is 0 Å². The van der Waals surface area contributed by atoms with Crippen LogP contribution in [0.5, 0.6) is 17.2 Å². The number of carbonyl (C=O) groups is 1. The Labute approximate surface area is 278 Å². The van der Waals surface area contributed by atoms with Gasteiger partial charge in [0.1, 0.15) is 73.4 Å². The van der Waals surface area contributed by atoms with Crippen molar-refractivity contribution in [1.82, 2.24) is 0 Å². The van der Waals surface area contributed by atoms with Crippen molar-refractivity contribution in [2.45, 2.75) is 85.5 Å². The molecule has 3 saturated heterocycles. The largest absolute Gasteiger partial charge is 0.504 e. The maximum Gasteiger partial charge on any atom is 0.331 e. The third kappa shape index (κ3) is 7.93. The Kier molecular flexibility index (Phi) is 13.1. The lowest BCUT2D eigenvalue weighted by Crippen LogP contribution is -2.66. The van der Waals surface area contributed by atoms with Crippen LogP contribution in [0.4, 0.5) is 0 Å². The van der Waals surface area contributed by atoms with Crippen molar-refractivity contribution in [3.8, 4) is 17.2 Å². The first-order valence-corrected chi connectivity index (χ1v) is 15.0. The molecule has 278 valence electrons. The van der Waals surface area contributed by atoms with Gasteiger partial charge in [0.2, 0.25) is 5.79 Å². The van der Waals surface area contributed by atoms with Crippen molar-refractivity contribution in [1.29, 1.82) is 0 Å². The second kappa shape index (κ2) is 16.5. The number of hydrogen-bond donors (Lipinski definition) is 11. The van der Waals surface area contributed by atoms with Gasteiger partial charge in [-0.2, -0.15) is 0 Å². The van der Waals surface area contributed by atoms with Gasteiger partial charge in [-0.05, 0) is 12.1 Å². The summed E-state index contributed by atoms with van der Waals surface area (Å²) in [6, 6.07) is 2.59. The molecule has 0 unspecified atom stereocenters. The molecule has 3 fully saturated rings. The Morgan fingerprint density at radius 3 is 1.98 bits per heavy atom. The number of phenolic OH excluding ortho intramolecular Hbond substituents is 1. The van der Waals surface area contributed by atoms with Crippen LogP contribution in [-0.2, 0) is 33.2 Å². The molecule has 1 aromatic carbocycles. The number of hydrogen-bond acceptors (Lipinski definition) is 20. The van der Waals surface area contributed by atoms with Crippen LogP contribution < -0.4 is 9.47 Å². The van der Waals surface area contributed by atoms with E-state index in [-0.39, 0.29) is 22.8 Å². The van der Waals surface area contributed by atoms with Gasteiger partial charge < -0.3 is 94.1 Å². The summed E-state index contributed by atoms with van der Waals surface area (Å²) < 4.78 is 43.2. The number of aliphatic hydroxyl groups excluding tert-OH is 10. The molecule has 0 radical (unpaired) electrons. The topological polar surface area (TPSA) is 313 Å². The molecule has 49 heavy (non-hydrogen) atoms. The summed E-state index contributed by atoms with van der Waals surface area (Å²) in [6.45, 7) is -3.74. The molecule has 11 N–H and O–H groups in total. The normalized spacial score (nSPS) is 39.6.